The molecule has 3 saturated heterocycles. The van der Waals surface area contributed by atoms with Crippen molar-refractivity contribution in [3.05, 3.63) is 0 Å². The molecule has 0 aliphatic carbocycles. The second kappa shape index (κ2) is 7.46. The number of hydrogen-bond donors (Lipinski definition) is 2. The molecule has 0 bridgehead atoms. The highest BCUT2D eigenvalue weighted by Crippen LogP contribution is 2.61. The molecule has 29 heavy (non-hydrogen) atoms. The topological polar surface area (TPSA) is 68.4 Å². The maximum atomic E-state index is 10.6. The zero-order valence-electron chi connectivity index (χ0n) is 19.3. The van der Waals surface area contributed by atoms with E-state index in [-0.39, 0.29) is 12.2 Å². The predicted molar refractivity (Wildman–Crippen MR) is 118 cm³/mol. The summed E-state index contributed by atoms with van der Waals surface area (Å²) in [5, 5.41) is 24.1. The van der Waals surface area contributed by atoms with Crippen LogP contribution in [0.2, 0.25) is 0 Å². The first kappa shape index (κ1) is 24.0. The smallest absolute Gasteiger partial charge is 0.264 e. The molecule has 3 fully saturated rings. The Balaban J connectivity index is 1.77. The zero-order valence-corrected chi connectivity index (χ0v) is 21.0. The summed E-state index contributed by atoms with van der Waals surface area (Å²) in [6.45, 7) is 15.5. The average molecular weight is 450 g/mol. The Morgan fingerprint density at radius 1 is 0.690 bits per heavy atom. The lowest BCUT2D eigenvalue weighted by atomic mass is 9.80. The molecule has 0 unspecified atom stereocenters. The lowest BCUT2D eigenvalue weighted by Gasteiger charge is -2.53. The van der Waals surface area contributed by atoms with Crippen molar-refractivity contribution in [3.8, 4) is 0 Å². The molecule has 3 rings (SSSR count). The van der Waals surface area contributed by atoms with E-state index in [0.717, 1.165) is 13.1 Å². The van der Waals surface area contributed by atoms with Gasteiger partial charge in [0, 0.05) is 35.2 Å². The minimum absolute atomic E-state index is 0.0613. The molecule has 0 aromatic rings. The summed E-state index contributed by atoms with van der Waals surface area (Å²) in [4.78, 5) is 0. The summed E-state index contributed by atoms with van der Waals surface area (Å²) in [5.41, 5.74) is -1.56. The molecular formula is C20H40N3O4PS. The number of piperidine rings is 2. The van der Waals surface area contributed by atoms with Crippen molar-refractivity contribution in [2.45, 2.75) is 115 Å². The van der Waals surface area contributed by atoms with E-state index in [0.29, 0.717) is 25.7 Å². The van der Waals surface area contributed by atoms with Crippen LogP contribution in [0.5, 0.6) is 0 Å². The maximum absolute atomic E-state index is 10.6. The molecule has 170 valence electrons. The fourth-order valence-corrected chi connectivity index (χ4v) is 8.50. The molecule has 0 atom stereocenters. The van der Waals surface area contributed by atoms with Gasteiger partial charge >= 0.3 is 0 Å². The van der Waals surface area contributed by atoms with E-state index in [9.17, 15) is 10.4 Å². The lowest BCUT2D eigenvalue weighted by molar-refractivity contribution is -0.258. The quantitative estimate of drug-likeness (QED) is 0.473. The predicted octanol–water partition coefficient (Wildman–Crippen LogP) is 4.38. The van der Waals surface area contributed by atoms with Crippen LogP contribution in [0.3, 0.4) is 0 Å². The fourth-order valence-electron chi connectivity index (χ4n) is 5.33. The van der Waals surface area contributed by atoms with Crippen LogP contribution in [-0.4, -0.2) is 72.7 Å². The van der Waals surface area contributed by atoms with E-state index < -0.39 is 28.8 Å². The first-order valence-electron chi connectivity index (χ1n) is 10.7. The summed E-state index contributed by atoms with van der Waals surface area (Å²) in [7, 11) is 0. The minimum Gasteiger partial charge on any atom is -0.314 e. The monoisotopic (exact) mass is 449 g/mol. The fraction of sp³-hybridized carbons (Fsp3) is 1.00. The van der Waals surface area contributed by atoms with Crippen LogP contribution in [0.15, 0.2) is 0 Å². The van der Waals surface area contributed by atoms with Gasteiger partial charge in [-0.1, -0.05) is 0 Å². The first-order chi connectivity index (χ1) is 13.0. The number of hydrogen-bond acceptors (Lipinski definition) is 7. The first-order valence-corrected chi connectivity index (χ1v) is 13.3. The van der Waals surface area contributed by atoms with Gasteiger partial charge < -0.3 is 19.5 Å². The van der Waals surface area contributed by atoms with Crippen molar-refractivity contribution >= 4 is 18.4 Å². The second-order valence-corrected chi connectivity index (χ2v) is 14.9. The van der Waals surface area contributed by atoms with Crippen LogP contribution in [0.25, 0.3) is 0 Å². The Hall–Kier alpha value is 0.370. The van der Waals surface area contributed by atoms with Gasteiger partial charge in [-0.2, -0.15) is 10.1 Å². The van der Waals surface area contributed by atoms with Gasteiger partial charge in [-0.25, -0.2) is 4.67 Å². The van der Waals surface area contributed by atoms with Gasteiger partial charge in [-0.05, 0) is 92.9 Å². The normalized spacial score (nSPS) is 31.1. The molecule has 3 heterocycles. The molecule has 0 radical (unpaired) electrons. The Bertz CT molecular complexity index is 597. The third kappa shape index (κ3) is 4.91. The van der Waals surface area contributed by atoms with E-state index in [1.807, 2.05) is 55.4 Å². The molecule has 0 saturated carbocycles. The SMILES string of the molecule is CC1(C)CC(OP(=S)(OC2CC(C)(C)N(O)C(C)(C)C2)N2CC2)CC(C)(C)N1O. The van der Waals surface area contributed by atoms with E-state index >= 15 is 0 Å². The lowest BCUT2D eigenvalue weighted by Crippen LogP contribution is -2.61. The van der Waals surface area contributed by atoms with Gasteiger partial charge in [0.25, 0.3) is 6.64 Å². The van der Waals surface area contributed by atoms with Crippen molar-refractivity contribution in [1.82, 2.24) is 14.8 Å². The van der Waals surface area contributed by atoms with E-state index in [2.05, 4.69) is 4.67 Å². The van der Waals surface area contributed by atoms with Crippen molar-refractivity contribution in [2.75, 3.05) is 13.1 Å². The molecule has 0 aromatic heterocycles. The molecule has 7 nitrogen and oxygen atoms in total. The van der Waals surface area contributed by atoms with Crippen LogP contribution in [0.4, 0.5) is 0 Å². The average Bonchev–Trinajstić information content (AvgIpc) is 3.34. The summed E-state index contributed by atoms with van der Waals surface area (Å²) in [6, 6.07) is 0. The zero-order chi connectivity index (χ0) is 22.0. The van der Waals surface area contributed by atoms with Gasteiger partial charge in [0.2, 0.25) is 0 Å². The molecular weight excluding hydrogens is 409 g/mol. The van der Waals surface area contributed by atoms with E-state index in [1.54, 1.807) is 0 Å². The van der Waals surface area contributed by atoms with Gasteiger partial charge in [-0.3, -0.25) is 0 Å². The summed E-state index contributed by atoms with van der Waals surface area (Å²) < 4.78 is 15.4. The molecule has 3 aliphatic rings. The summed E-state index contributed by atoms with van der Waals surface area (Å²) >= 11 is 6.05. The van der Waals surface area contributed by atoms with Crippen molar-refractivity contribution in [3.63, 3.8) is 0 Å². The molecule has 2 N–H and O–H groups in total. The van der Waals surface area contributed by atoms with Crippen molar-refractivity contribution in [2.24, 2.45) is 0 Å². The number of hydroxylamine groups is 4. The van der Waals surface area contributed by atoms with Crippen LogP contribution in [-0.2, 0) is 20.9 Å². The largest absolute Gasteiger partial charge is 0.314 e. The minimum atomic E-state index is -2.62. The number of rotatable bonds is 5. The third-order valence-electron chi connectivity index (χ3n) is 6.54. The maximum Gasteiger partial charge on any atom is 0.264 e. The summed E-state index contributed by atoms with van der Waals surface area (Å²) in [6.07, 6.45) is 2.69. The Morgan fingerprint density at radius 2 is 0.966 bits per heavy atom. The molecule has 9 heteroatoms. The van der Waals surface area contributed by atoms with Gasteiger partial charge in [-0.15, -0.1) is 0 Å². The summed E-state index contributed by atoms with van der Waals surface area (Å²) in [5.74, 6) is 0. The van der Waals surface area contributed by atoms with E-state index in [1.165, 1.54) is 10.1 Å². The molecule has 3 aliphatic heterocycles. The van der Waals surface area contributed by atoms with Crippen LogP contribution < -0.4 is 0 Å². The highest BCUT2D eigenvalue weighted by Gasteiger charge is 2.51. The highest BCUT2D eigenvalue weighted by atomic mass is 32.5. The Labute approximate surface area is 181 Å². The molecule has 0 spiro atoms. The van der Waals surface area contributed by atoms with Gasteiger partial charge in [0.15, 0.2) is 0 Å². The van der Waals surface area contributed by atoms with Crippen LogP contribution >= 0.6 is 6.64 Å². The highest BCUT2D eigenvalue weighted by molar-refractivity contribution is 8.08. The van der Waals surface area contributed by atoms with Crippen molar-refractivity contribution < 1.29 is 19.5 Å². The van der Waals surface area contributed by atoms with Crippen molar-refractivity contribution in [1.29, 1.82) is 0 Å². The van der Waals surface area contributed by atoms with Gasteiger partial charge in [0.05, 0.1) is 12.2 Å². The van der Waals surface area contributed by atoms with E-state index in [4.69, 9.17) is 20.9 Å². The Morgan fingerprint density at radius 3 is 1.21 bits per heavy atom. The molecule has 0 aromatic carbocycles. The number of nitrogens with zero attached hydrogens (tertiary/aromatic N) is 3. The Kier molecular flexibility index (Phi) is 6.18. The standard InChI is InChI=1S/C20H40N3O4PS/c1-17(2)11-15(12-18(3,4)22(17)24)26-28(29,21-9-10-21)27-16-13-19(5,6)23(25)20(7,8)14-16/h15-16,24-25H,9-14H2,1-8H3. The van der Waals surface area contributed by atoms with Crippen LogP contribution in [0.1, 0.15) is 81.1 Å². The third-order valence-corrected chi connectivity index (χ3v) is 9.97. The van der Waals surface area contributed by atoms with Gasteiger partial charge in [0.1, 0.15) is 0 Å². The van der Waals surface area contributed by atoms with Crippen LogP contribution in [0, 0.1) is 0 Å². The molecule has 0 amide bonds. The second-order valence-electron chi connectivity index (χ2n) is 11.6.